The first-order valence-electron chi connectivity index (χ1n) is 5.09. The van der Waals surface area contributed by atoms with Gasteiger partial charge in [0, 0.05) is 24.5 Å². The van der Waals surface area contributed by atoms with Crippen LogP contribution in [0.5, 0.6) is 0 Å². The fourth-order valence-electron chi connectivity index (χ4n) is 1.41. The van der Waals surface area contributed by atoms with E-state index in [1.54, 1.807) is 35.5 Å². The van der Waals surface area contributed by atoms with Gasteiger partial charge >= 0.3 is 0 Å². The Morgan fingerprint density at radius 1 is 1.47 bits per heavy atom. The summed E-state index contributed by atoms with van der Waals surface area (Å²) in [6.45, 7) is 1.41. The summed E-state index contributed by atoms with van der Waals surface area (Å²) in [7, 11) is 0. The van der Waals surface area contributed by atoms with Crippen LogP contribution < -0.4 is 11.1 Å². The summed E-state index contributed by atoms with van der Waals surface area (Å²) in [5.74, 6) is 0. The lowest BCUT2D eigenvalue weighted by Gasteiger charge is -2.09. The Bertz CT molecular complexity index is 495. The Labute approximate surface area is 104 Å². The van der Waals surface area contributed by atoms with Gasteiger partial charge < -0.3 is 11.1 Å². The van der Waals surface area contributed by atoms with Crippen LogP contribution >= 0.6 is 12.2 Å². The first-order chi connectivity index (χ1) is 8.27. The van der Waals surface area contributed by atoms with Crippen LogP contribution in [0.4, 0.5) is 5.69 Å². The molecule has 3 N–H and O–H groups in total. The van der Waals surface area contributed by atoms with Gasteiger partial charge in [-0.3, -0.25) is 9.67 Å². The van der Waals surface area contributed by atoms with Gasteiger partial charge in [-0.2, -0.15) is 0 Å². The van der Waals surface area contributed by atoms with Crippen LogP contribution in [0.3, 0.4) is 0 Å². The number of nitrogens with one attached hydrogen (secondary N) is 1. The second-order valence-electron chi connectivity index (χ2n) is 3.38. The molecule has 0 aliphatic carbocycles. The third-order valence-electron chi connectivity index (χ3n) is 2.21. The number of thiocarbonyl (C=S) groups is 1. The molecule has 0 fully saturated rings. The summed E-state index contributed by atoms with van der Waals surface area (Å²) < 4.78 is 1.74. The summed E-state index contributed by atoms with van der Waals surface area (Å²) in [6.07, 6.45) is 6.82. The molecule has 0 unspecified atom stereocenters. The van der Waals surface area contributed by atoms with Gasteiger partial charge in [0.1, 0.15) is 4.99 Å². The molecule has 0 aromatic carbocycles. The van der Waals surface area contributed by atoms with Crippen LogP contribution in [0.25, 0.3) is 0 Å². The van der Waals surface area contributed by atoms with Crippen molar-refractivity contribution < 1.29 is 0 Å². The van der Waals surface area contributed by atoms with Gasteiger partial charge in [0.2, 0.25) is 0 Å². The smallest absolute Gasteiger partial charge is 0.106 e. The van der Waals surface area contributed by atoms with Crippen LogP contribution in [-0.4, -0.2) is 31.5 Å². The molecule has 17 heavy (non-hydrogen) atoms. The van der Waals surface area contributed by atoms with E-state index in [-0.39, 0.29) is 0 Å². The SMILES string of the molecule is NC(=S)c1ccncc1NCCn1ccnn1. The van der Waals surface area contributed by atoms with Crippen molar-refractivity contribution >= 4 is 22.9 Å². The van der Waals surface area contributed by atoms with Gasteiger partial charge in [-0.15, -0.1) is 5.10 Å². The van der Waals surface area contributed by atoms with E-state index in [1.807, 2.05) is 0 Å². The Hall–Kier alpha value is -2.02. The van der Waals surface area contributed by atoms with E-state index in [1.165, 1.54) is 0 Å². The molecule has 0 bridgehead atoms. The van der Waals surface area contributed by atoms with Gasteiger partial charge in [0.25, 0.3) is 0 Å². The van der Waals surface area contributed by atoms with Crippen molar-refractivity contribution in [2.24, 2.45) is 5.73 Å². The summed E-state index contributed by atoms with van der Waals surface area (Å²) in [5, 5.41) is 10.8. The maximum atomic E-state index is 5.62. The molecule has 2 heterocycles. The van der Waals surface area contributed by atoms with E-state index in [0.29, 0.717) is 18.1 Å². The normalized spacial score (nSPS) is 10.1. The highest BCUT2D eigenvalue weighted by Gasteiger charge is 2.03. The van der Waals surface area contributed by atoms with Gasteiger partial charge in [0.15, 0.2) is 0 Å². The highest BCUT2D eigenvalue weighted by Crippen LogP contribution is 2.12. The first kappa shape index (κ1) is 11.5. The Morgan fingerprint density at radius 3 is 3.06 bits per heavy atom. The van der Waals surface area contributed by atoms with Crippen molar-refractivity contribution in [3.63, 3.8) is 0 Å². The largest absolute Gasteiger partial charge is 0.389 e. The van der Waals surface area contributed by atoms with E-state index in [2.05, 4.69) is 20.6 Å². The topological polar surface area (TPSA) is 81.6 Å². The molecule has 0 saturated carbocycles. The second-order valence-corrected chi connectivity index (χ2v) is 3.82. The van der Waals surface area contributed by atoms with Gasteiger partial charge in [-0.1, -0.05) is 17.4 Å². The number of nitrogens with zero attached hydrogens (tertiary/aromatic N) is 4. The monoisotopic (exact) mass is 248 g/mol. The van der Waals surface area contributed by atoms with Crippen LogP contribution in [0, 0.1) is 0 Å². The fraction of sp³-hybridized carbons (Fsp3) is 0.200. The molecule has 0 saturated heterocycles. The number of hydrogen-bond donors (Lipinski definition) is 2. The molecule has 2 aromatic rings. The Balaban J connectivity index is 1.97. The second kappa shape index (κ2) is 5.35. The zero-order chi connectivity index (χ0) is 12.1. The van der Waals surface area contributed by atoms with Crippen molar-refractivity contribution in [1.29, 1.82) is 0 Å². The Kier molecular flexibility index (Phi) is 3.61. The van der Waals surface area contributed by atoms with Crippen LogP contribution in [0.2, 0.25) is 0 Å². The number of hydrogen-bond acceptors (Lipinski definition) is 5. The molecule has 88 valence electrons. The molecule has 0 amide bonds. The lowest BCUT2D eigenvalue weighted by molar-refractivity contribution is 0.609. The van der Waals surface area contributed by atoms with Gasteiger partial charge in [-0.05, 0) is 6.07 Å². The molecule has 0 spiro atoms. The van der Waals surface area contributed by atoms with Crippen molar-refractivity contribution in [3.05, 3.63) is 36.4 Å². The van der Waals surface area contributed by atoms with E-state index in [0.717, 1.165) is 11.3 Å². The van der Waals surface area contributed by atoms with E-state index >= 15 is 0 Å². The molecule has 0 radical (unpaired) electrons. The summed E-state index contributed by atoms with van der Waals surface area (Å²) >= 11 is 4.96. The highest BCUT2D eigenvalue weighted by atomic mass is 32.1. The van der Waals surface area contributed by atoms with Crippen molar-refractivity contribution in [2.75, 3.05) is 11.9 Å². The average Bonchev–Trinajstić information content (AvgIpc) is 2.82. The maximum absolute atomic E-state index is 5.62. The molecule has 0 aliphatic rings. The molecule has 0 atom stereocenters. The summed E-state index contributed by atoms with van der Waals surface area (Å²) in [4.78, 5) is 4.39. The number of nitrogens with two attached hydrogens (primary N) is 1. The van der Waals surface area contributed by atoms with Crippen LogP contribution in [-0.2, 0) is 6.54 Å². The fourth-order valence-corrected chi connectivity index (χ4v) is 1.59. The van der Waals surface area contributed by atoms with Crippen LogP contribution in [0.1, 0.15) is 5.56 Å². The van der Waals surface area contributed by atoms with Gasteiger partial charge in [0.05, 0.1) is 24.6 Å². The van der Waals surface area contributed by atoms with E-state index in [9.17, 15) is 0 Å². The number of anilines is 1. The third kappa shape index (κ3) is 2.97. The van der Waals surface area contributed by atoms with Crippen LogP contribution in [0.15, 0.2) is 30.9 Å². The van der Waals surface area contributed by atoms with E-state index in [4.69, 9.17) is 18.0 Å². The lowest BCUT2D eigenvalue weighted by Crippen LogP contribution is -2.16. The minimum atomic E-state index is 0.357. The zero-order valence-corrected chi connectivity index (χ0v) is 9.89. The minimum Gasteiger partial charge on any atom is -0.389 e. The standard InChI is InChI=1S/C10H12N6S/c11-10(17)8-1-2-12-7-9(8)13-3-5-16-6-4-14-15-16/h1-2,4,6-7,13H,3,5H2,(H2,11,17). The lowest BCUT2D eigenvalue weighted by atomic mass is 10.2. The molecular weight excluding hydrogens is 236 g/mol. The van der Waals surface area contributed by atoms with Crippen molar-refractivity contribution in [1.82, 2.24) is 20.0 Å². The molecule has 7 heteroatoms. The van der Waals surface area contributed by atoms with Gasteiger partial charge in [-0.25, -0.2) is 0 Å². The van der Waals surface area contributed by atoms with E-state index < -0.39 is 0 Å². The predicted molar refractivity (Wildman–Crippen MR) is 68.6 cm³/mol. The molecular formula is C10H12N6S. The third-order valence-corrected chi connectivity index (χ3v) is 2.43. The quantitative estimate of drug-likeness (QED) is 0.746. The molecule has 0 aliphatic heterocycles. The molecule has 2 aromatic heterocycles. The Morgan fingerprint density at radius 2 is 2.35 bits per heavy atom. The zero-order valence-electron chi connectivity index (χ0n) is 9.08. The summed E-state index contributed by atoms with van der Waals surface area (Å²) in [5.41, 5.74) is 7.25. The van der Waals surface area contributed by atoms with Crippen molar-refractivity contribution in [2.45, 2.75) is 6.54 Å². The molecule has 6 nitrogen and oxygen atoms in total. The average molecular weight is 248 g/mol. The first-order valence-corrected chi connectivity index (χ1v) is 5.50. The number of rotatable bonds is 5. The van der Waals surface area contributed by atoms with Crippen molar-refractivity contribution in [3.8, 4) is 0 Å². The highest BCUT2D eigenvalue weighted by molar-refractivity contribution is 7.80. The minimum absolute atomic E-state index is 0.357. The number of pyridine rings is 1. The maximum Gasteiger partial charge on any atom is 0.106 e. The summed E-state index contributed by atoms with van der Waals surface area (Å²) in [6, 6.07) is 1.79. The molecule has 2 rings (SSSR count). The number of aromatic nitrogens is 4. The predicted octanol–water partition coefficient (Wildman–Crippen LogP) is 0.419.